The zero-order valence-corrected chi connectivity index (χ0v) is 32.5. The molecule has 304 valence electrons. The number of fused-ring (bicyclic) bond motifs is 2. The van der Waals surface area contributed by atoms with E-state index in [4.69, 9.17) is 41.2 Å². The van der Waals surface area contributed by atoms with Crippen molar-refractivity contribution in [3.8, 4) is 46.6 Å². The minimum Gasteiger partial charge on any atom is -0.508 e. The van der Waals surface area contributed by atoms with Crippen LogP contribution in [0, 0.1) is 46.3 Å². The van der Waals surface area contributed by atoms with Gasteiger partial charge in [0, 0.05) is 147 Å². The van der Waals surface area contributed by atoms with Crippen LogP contribution >= 0.6 is 0 Å². The van der Waals surface area contributed by atoms with Gasteiger partial charge in [-0.2, -0.15) is 10.5 Å². The first-order chi connectivity index (χ1) is 28.9. The molecule has 3 aliphatic carbocycles. The maximum absolute atomic E-state index is 14.3. The van der Waals surface area contributed by atoms with Gasteiger partial charge in [-0.3, -0.25) is 29.5 Å². The summed E-state index contributed by atoms with van der Waals surface area (Å²) in [6.45, 7) is 2.86. The molecule has 14 nitrogen and oxygen atoms in total. The maximum Gasteiger partial charge on any atom is 0.141 e. The highest BCUT2D eigenvalue weighted by Crippen LogP contribution is 2.69. The number of hydrogen-bond acceptors (Lipinski definition) is 14. The Bertz CT molecular complexity index is 2070. The number of rotatable bonds is 4. The maximum atomic E-state index is 14.3. The van der Waals surface area contributed by atoms with Crippen molar-refractivity contribution >= 4 is 11.6 Å². The second-order valence-electron chi connectivity index (χ2n) is 14.0. The van der Waals surface area contributed by atoms with Crippen LogP contribution in [0.2, 0.25) is 0 Å². The average Bonchev–Trinajstić information content (AvgIpc) is 3.19. The first kappa shape index (κ1) is 43.3. The number of carbonyl (C=O) groups excluding carboxylic acids is 2. The van der Waals surface area contributed by atoms with E-state index < -0.39 is 0 Å². The van der Waals surface area contributed by atoms with E-state index in [2.05, 4.69) is 19.9 Å². The van der Waals surface area contributed by atoms with Gasteiger partial charge in [0.2, 0.25) is 0 Å². The predicted octanol–water partition coefficient (Wildman–Crippen LogP) is 7.01. The molecule has 6 aromatic rings. The van der Waals surface area contributed by atoms with Crippen LogP contribution in [-0.4, -0.2) is 62.1 Å². The lowest BCUT2D eigenvalue weighted by Gasteiger charge is -2.63. The third kappa shape index (κ3) is 9.64. The monoisotopic (exact) mass is 806 g/mol. The Kier molecular flexibility index (Phi) is 14.5. The molecule has 60 heavy (non-hydrogen) atoms. The summed E-state index contributed by atoms with van der Waals surface area (Å²) in [6.07, 6.45) is 14.2. The van der Waals surface area contributed by atoms with Gasteiger partial charge in [-0.25, -0.2) is 0 Å². The molecule has 4 heterocycles. The molecule has 0 amide bonds. The first-order valence-electron chi connectivity index (χ1n) is 18.7. The van der Waals surface area contributed by atoms with Gasteiger partial charge in [0.05, 0.1) is 12.1 Å². The van der Waals surface area contributed by atoms with Crippen molar-refractivity contribution < 1.29 is 40.2 Å². The normalized spacial score (nSPS) is 22.6. The molecule has 2 aromatic carbocycles. The van der Waals surface area contributed by atoms with E-state index in [0.29, 0.717) is 0 Å². The zero-order valence-electron chi connectivity index (χ0n) is 32.5. The van der Waals surface area contributed by atoms with Crippen molar-refractivity contribution in [3.63, 3.8) is 0 Å². The summed E-state index contributed by atoms with van der Waals surface area (Å²) in [5.41, 5.74) is 4.27. The molecule has 0 bridgehead atoms. The van der Waals surface area contributed by atoms with Gasteiger partial charge in [-0.1, -0.05) is 0 Å². The molecule has 3 aliphatic rings. The number of carbonyl (C=O) groups is 2. The van der Waals surface area contributed by atoms with E-state index >= 15 is 0 Å². The third-order valence-electron chi connectivity index (χ3n) is 10.5. The quantitative estimate of drug-likeness (QED) is 0.105. The van der Waals surface area contributed by atoms with Crippen molar-refractivity contribution in [2.75, 3.05) is 0 Å². The van der Waals surface area contributed by atoms with E-state index in [0.717, 1.165) is 58.7 Å². The number of pyridine rings is 4. The molecule has 0 spiro atoms. The molecular weight excluding hydrogens is 765 g/mol. The van der Waals surface area contributed by atoms with Gasteiger partial charge >= 0.3 is 0 Å². The van der Waals surface area contributed by atoms with E-state index in [1.807, 2.05) is 48.5 Å². The number of phenolic OH excluding ortho intramolecular Hbond substituents is 6. The summed E-state index contributed by atoms with van der Waals surface area (Å²) in [5.74, 6) is -1.88. The van der Waals surface area contributed by atoms with Gasteiger partial charge in [0.25, 0.3) is 0 Å². The lowest BCUT2D eigenvalue weighted by Crippen LogP contribution is -2.66. The highest BCUT2D eigenvalue weighted by atomic mass is 16.3. The molecule has 8 atom stereocenters. The van der Waals surface area contributed by atoms with Crippen molar-refractivity contribution in [1.82, 2.24) is 19.9 Å². The molecule has 9 rings (SSSR count). The van der Waals surface area contributed by atoms with Gasteiger partial charge in [0.15, 0.2) is 0 Å². The number of benzene rings is 2. The number of aromatic nitrogens is 4. The summed E-state index contributed by atoms with van der Waals surface area (Å²) in [4.78, 5) is 45.3. The Morgan fingerprint density at radius 2 is 0.517 bits per heavy atom. The van der Waals surface area contributed by atoms with Crippen LogP contribution < -0.4 is 0 Å². The molecule has 4 aromatic heterocycles. The molecule has 6 N–H and O–H groups in total. The Hall–Kier alpha value is -7.84. The highest BCUT2D eigenvalue weighted by Gasteiger charge is 2.70. The van der Waals surface area contributed by atoms with Crippen LogP contribution in [0.25, 0.3) is 0 Å². The SMILES string of the molecule is CC#N.CC#N.O=C1[C@@H]2[C@H](C(=O)[C@@H]3[C@H]1[C@@H](c1ccncc1)[C@H]3c1ccncc1)[C@@H](c1ccncc1)[C@H]2c1ccncc1.Oc1cc(O)cc(O)c1.Oc1cc(O)cc(O)c1. The van der Waals surface area contributed by atoms with E-state index in [1.54, 1.807) is 61.7 Å². The zero-order chi connectivity index (χ0) is 43.3. The van der Waals surface area contributed by atoms with Gasteiger partial charge < -0.3 is 30.6 Å². The minimum atomic E-state index is -0.318. The minimum absolute atomic E-state index is 0.0455. The van der Waals surface area contributed by atoms with Crippen LogP contribution in [-0.2, 0) is 9.59 Å². The number of phenols is 6. The lowest BCUT2D eigenvalue weighted by molar-refractivity contribution is -0.168. The molecule has 0 saturated heterocycles. The summed E-state index contributed by atoms with van der Waals surface area (Å²) < 4.78 is 0. The summed E-state index contributed by atoms with van der Waals surface area (Å²) in [5, 5.41) is 66.7. The van der Waals surface area contributed by atoms with Crippen molar-refractivity contribution in [2.45, 2.75) is 37.5 Å². The Morgan fingerprint density at radius 3 is 0.667 bits per heavy atom. The fourth-order valence-corrected chi connectivity index (χ4v) is 8.52. The first-order valence-corrected chi connectivity index (χ1v) is 18.7. The fraction of sp³-hybridized carbons (Fsp3) is 0.217. The Labute approximate surface area is 346 Å². The van der Waals surface area contributed by atoms with Crippen LogP contribution in [0.4, 0.5) is 0 Å². The van der Waals surface area contributed by atoms with E-state index in [1.165, 1.54) is 13.8 Å². The Balaban J connectivity index is 0.000000232. The second-order valence-corrected chi connectivity index (χ2v) is 14.0. The lowest BCUT2D eigenvalue weighted by atomic mass is 9.37. The van der Waals surface area contributed by atoms with E-state index in [9.17, 15) is 9.59 Å². The molecule has 0 radical (unpaired) electrons. The number of Topliss-reactive ketones (excluding diaryl/α,β-unsaturated/α-hetero) is 2. The number of ketones is 2. The summed E-state index contributed by atoms with van der Waals surface area (Å²) in [7, 11) is 0. The summed E-state index contributed by atoms with van der Waals surface area (Å²) in [6, 6.07) is 26.2. The topological polar surface area (TPSA) is 255 Å². The standard InChI is InChI=1S/C30H24N4O2.2C6H6O3.2C2H3N/c35-29-25-21(17-1-9-31-10-2-17)22(18-3-11-32-12-4-18)26(25)30(36)28-24(20-7-15-34-16-8-20)23(27(28)29)19-5-13-33-14-6-19;2*7-4-1-5(8)3-6(9)2-4;2*1-2-3/h1-16,21-28H;2*1-3,7-9H;2*1H3/t21-,22+,23+,24-,25+,26-,27-,28+;;;;. The highest BCUT2D eigenvalue weighted by molar-refractivity contribution is 6.05. The second kappa shape index (κ2) is 20.0. The van der Waals surface area contributed by atoms with Crippen LogP contribution in [0.1, 0.15) is 59.8 Å². The number of aromatic hydroxyl groups is 6. The third-order valence-corrected chi connectivity index (χ3v) is 10.5. The molecule has 3 saturated carbocycles. The smallest absolute Gasteiger partial charge is 0.141 e. The number of nitrogens with zero attached hydrogens (tertiary/aromatic N) is 6. The average molecular weight is 807 g/mol. The van der Waals surface area contributed by atoms with Gasteiger partial charge in [0.1, 0.15) is 46.1 Å². The Morgan fingerprint density at radius 1 is 0.367 bits per heavy atom. The largest absolute Gasteiger partial charge is 0.508 e. The van der Waals surface area contributed by atoms with Crippen LogP contribution in [0.15, 0.2) is 135 Å². The molecule has 14 heteroatoms. The van der Waals surface area contributed by atoms with Gasteiger partial charge in [-0.15, -0.1) is 0 Å². The molecule has 3 fully saturated rings. The summed E-state index contributed by atoms with van der Waals surface area (Å²) >= 11 is 0. The fourth-order valence-electron chi connectivity index (χ4n) is 8.52. The van der Waals surface area contributed by atoms with Crippen LogP contribution in [0.3, 0.4) is 0 Å². The van der Waals surface area contributed by atoms with Crippen molar-refractivity contribution in [2.24, 2.45) is 23.7 Å². The predicted molar refractivity (Wildman–Crippen MR) is 217 cm³/mol. The van der Waals surface area contributed by atoms with Crippen molar-refractivity contribution in [3.05, 3.63) is 157 Å². The van der Waals surface area contributed by atoms with Crippen LogP contribution in [0.5, 0.6) is 34.5 Å². The molecular formula is C46H42N6O8. The van der Waals surface area contributed by atoms with E-state index in [-0.39, 0.29) is 93.4 Å². The molecule has 0 unspecified atom stereocenters. The number of hydrogen-bond donors (Lipinski definition) is 6. The van der Waals surface area contributed by atoms with Crippen molar-refractivity contribution in [1.29, 1.82) is 10.5 Å². The molecule has 0 aliphatic heterocycles. The van der Waals surface area contributed by atoms with Gasteiger partial charge in [-0.05, 0) is 70.8 Å². The number of nitriles is 2.